The van der Waals surface area contributed by atoms with Crippen LogP contribution in [0.15, 0.2) is 29.3 Å². The summed E-state index contributed by atoms with van der Waals surface area (Å²) < 4.78 is 5.71. The van der Waals surface area contributed by atoms with Crippen molar-refractivity contribution in [1.29, 1.82) is 0 Å². The predicted molar refractivity (Wildman–Crippen MR) is 130 cm³/mol. The van der Waals surface area contributed by atoms with Gasteiger partial charge < -0.3 is 20.3 Å². The summed E-state index contributed by atoms with van der Waals surface area (Å²) in [5, 5.41) is 6.89. The summed E-state index contributed by atoms with van der Waals surface area (Å²) in [7, 11) is 0. The lowest BCUT2D eigenvalue weighted by Gasteiger charge is -2.36. The highest BCUT2D eigenvalue weighted by Gasteiger charge is 2.21. The van der Waals surface area contributed by atoms with Crippen molar-refractivity contribution >= 4 is 47.4 Å². The van der Waals surface area contributed by atoms with Gasteiger partial charge in [0.1, 0.15) is 12.4 Å². The molecule has 0 unspecified atom stereocenters. The molecule has 0 bridgehead atoms. The van der Waals surface area contributed by atoms with Gasteiger partial charge in [0.2, 0.25) is 5.91 Å². The monoisotopic (exact) mass is 537 g/mol. The number of nitrogens with one attached hydrogen (secondary N) is 2. The third-order valence-electron chi connectivity index (χ3n) is 4.27. The number of guanidine groups is 1. The fraction of sp³-hybridized carbons (Fsp3) is 0.600. The van der Waals surface area contributed by atoms with Gasteiger partial charge >= 0.3 is 0 Å². The first-order valence-electron chi connectivity index (χ1n) is 9.92. The van der Waals surface area contributed by atoms with E-state index in [1.807, 2.05) is 38.1 Å². The van der Waals surface area contributed by atoms with Crippen LogP contribution in [0.1, 0.15) is 20.8 Å². The SMILES string of the molecule is CCNC(=NCCOc1ccccc1Cl)N1CCN(CC(=O)NC(C)C)CC1.I. The summed E-state index contributed by atoms with van der Waals surface area (Å²) in [5.41, 5.74) is 0. The molecule has 9 heteroatoms. The van der Waals surface area contributed by atoms with Gasteiger partial charge in [0, 0.05) is 38.8 Å². The van der Waals surface area contributed by atoms with Gasteiger partial charge in [0.25, 0.3) is 0 Å². The van der Waals surface area contributed by atoms with Crippen LogP contribution in [-0.4, -0.2) is 80.1 Å². The first-order valence-corrected chi connectivity index (χ1v) is 10.3. The summed E-state index contributed by atoms with van der Waals surface area (Å²) in [6.07, 6.45) is 0. The quantitative estimate of drug-likeness (QED) is 0.231. The lowest BCUT2D eigenvalue weighted by molar-refractivity contribution is -0.123. The van der Waals surface area contributed by atoms with Crippen molar-refractivity contribution in [1.82, 2.24) is 20.4 Å². The normalized spacial score (nSPS) is 15.1. The van der Waals surface area contributed by atoms with Crippen LogP contribution < -0.4 is 15.4 Å². The zero-order chi connectivity index (χ0) is 20.4. The van der Waals surface area contributed by atoms with E-state index in [2.05, 4.69) is 32.3 Å². The highest BCUT2D eigenvalue weighted by Crippen LogP contribution is 2.22. The Kier molecular flexibility index (Phi) is 12.3. The molecule has 0 radical (unpaired) electrons. The molecule has 1 amide bonds. The average Bonchev–Trinajstić information content (AvgIpc) is 2.65. The van der Waals surface area contributed by atoms with Crippen molar-refractivity contribution in [3.63, 3.8) is 0 Å². The van der Waals surface area contributed by atoms with Crippen LogP contribution >= 0.6 is 35.6 Å². The van der Waals surface area contributed by atoms with E-state index in [-0.39, 0.29) is 35.9 Å². The fourth-order valence-corrected chi connectivity index (χ4v) is 3.17. The predicted octanol–water partition coefficient (Wildman–Crippen LogP) is 2.44. The van der Waals surface area contributed by atoms with Gasteiger partial charge in [0.15, 0.2) is 5.96 Å². The Morgan fingerprint density at radius 1 is 1.24 bits per heavy atom. The number of ether oxygens (including phenoxy) is 1. The first kappa shape index (κ1) is 25.8. The van der Waals surface area contributed by atoms with E-state index in [1.54, 1.807) is 0 Å². The molecule has 0 aromatic heterocycles. The van der Waals surface area contributed by atoms with E-state index in [1.165, 1.54) is 0 Å². The number of aliphatic imine (C=N–C) groups is 1. The van der Waals surface area contributed by atoms with Crippen molar-refractivity contribution in [2.45, 2.75) is 26.8 Å². The third-order valence-corrected chi connectivity index (χ3v) is 4.58. The van der Waals surface area contributed by atoms with Crippen molar-refractivity contribution < 1.29 is 9.53 Å². The maximum Gasteiger partial charge on any atom is 0.234 e. The number of amides is 1. The Hall–Kier alpha value is -1.26. The number of hydrogen-bond acceptors (Lipinski definition) is 4. The summed E-state index contributed by atoms with van der Waals surface area (Å²) in [6, 6.07) is 7.61. The second-order valence-corrected chi connectivity index (χ2v) is 7.41. The van der Waals surface area contributed by atoms with E-state index >= 15 is 0 Å². The summed E-state index contributed by atoms with van der Waals surface area (Å²) in [4.78, 5) is 21.0. The molecule has 0 aliphatic carbocycles. The number of carbonyl (C=O) groups excluding carboxylic acids is 1. The zero-order valence-corrected chi connectivity index (χ0v) is 20.6. The minimum Gasteiger partial charge on any atom is -0.490 e. The topological polar surface area (TPSA) is 69.2 Å². The van der Waals surface area contributed by atoms with Crippen molar-refractivity contribution in [3.8, 4) is 5.75 Å². The maximum absolute atomic E-state index is 11.9. The van der Waals surface area contributed by atoms with Crippen molar-refractivity contribution in [2.75, 3.05) is 52.4 Å². The van der Waals surface area contributed by atoms with Crippen LogP contribution in [0.3, 0.4) is 0 Å². The number of benzene rings is 1. The fourth-order valence-electron chi connectivity index (χ4n) is 2.98. The molecule has 0 spiro atoms. The number of hydrogen-bond donors (Lipinski definition) is 2. The van der Waals surface area contributed by atoms with Gasteiger partial charge in [-0.05, 0) is 32.9 Å². The molecule has 1 aromatic rings. The van der Waals surface area contributed by atoms with Crippen LogP contribution in [0.2, 0.25) is 5.02 Å². The lowest BCUT2D eigenvalue weighted by atomic mass is 10.3. The van der Waals surface area contributed by atoms with Crippen LogP contribution in [0, 0.1) is 0 Å². The molecule has 2 N–H and O–H groups in total. The highest BCUT2D eigenvalue weighted by atomic mass is 127. The van der Waals surface area contributed by atoms with Gasteiger partial charge in [-0.25, -0.2) is 4.99 Å². The molecule has 1 aromatic carbocycles. The van der Waals surface area contributed by atoms with Crippen LogP contribution in [0.25, 0.3) is 0 Å². The molecule has 0 atom stereocenters. The molecule has 164 valence electrons. The smallest absolute Gasteiger partial charge is 0.234 e. The number of para-hydroxylation sites is 1. The summed E-state index contributed by atoms with van der Waals surface area (Å²) in [5.74, 6) is 1.65. The van der Waals surface area contributed by atoms with E-state index in [0.29, 0.717) is 30.5 Å². The Morgan fingerprint density at radius 3 is 2.55 bits per heavy atom. The minimum atomic E-state index is 0. The van der Waals surface area contributed by atoms with Crippen LogP contribution in [-0.2, 0) is 4.79 Å². The van der Waals surface area contributed by atoms with Crippen LogP contribution in [0.5, 0.6) is 5.75 Å². The minimum absolute atomic E-state index is 0. The molecule has 1 heterocycles. The van der Waals surface area contributed by atoms with E-state index in [9.17, 15) is 4.79 Å². The van der Waals surface area contributed by atoms with Crippen LogP contribution in [0.4, 0.5) is 0 Å². The molecule has 7 nitrogen and oxygen atoms in total. The second kappa shape index (κ2) is 13.9. The molecule has 0 saturated carbocycles. The summed E-state index contributed by atoms with van der Waals surface area (Å²) >= 11 is 6.10. The lowest BCUT2D eigenvalue weighted by Crippen LogP contribution is -2.54. The van der Waals surface area contributed by atoms with Crippen molar-refractivity contribution in [3.05, 3.63) is 29.3 Å². The molecule has 2 rings (SSSR count). The molecule has 1 fully saturated rings. The zero-order valence-electron chi connectivity index (χ0n) is 17.5. The molecular formula is C20H33ClIN5O2. The Morgan fingerprint density at radius 2 is 1.93 bits per heavy atom. The Balaban J connectivity index is 0.00000420. The van der Waals surface area contributed by atoms with Gasteiger partial charge in [-0.3, -0.25) is 9.69 Å². The highest BCUT2D eigenvalue weighted by molar-refractivity contribution is 14.0. The van der Waals surface area contributed by atoms with Gasteiger partial charge in [-0.1, -0.05) is 23.7 Å². The van der Waals surface area contributed by atoms with Gasteiger partial charge in [0.05, 0.1) is 18.1 Å². The number of carbonyl (C=O) groups is 1. The van der Waals surface area contributed by atoms with E-state index < -0.39 is 0 Å². The third kappa shape index (κ3) is 9.39. The number of piperazine rings is 1. The maximum atomic E-state index is 11.9. The largest absolute Gasteiger partial charge is 0.490 e. The molecule has 1 saturated heterocycles. The number of rotatable bonds is 8. The number of halogens is 2. The molecule has 29 heavy (non-hydrogen) atoms. The summed E-state index contributed by atoms with van der Waals surface area (Å²) in [6.45, 7) is 11.6. The van der Waals surface area contributed by atoms with Gasteiger partial charge in [-0.2, -0.15) is 0 Å². The molecule has 1 aliphatic rings. The van der Waals surface area contributed by atoms with E-state index in [0.717, 1.165) is 38.7 Å². The molecular weight excluding hydrogens is 505 g/mol. The molecule has 1 aliphatic heterocycles. The van der Waals surface area contributed by atoms with Crippen molar-refractivity contribution in [2.24, 2.45) is 4.99 Å². The van der Waals surface area contributed by atoms with Gasteiger partial charge in [-0.15, -0.1) is 24.0 Å². The standard InChI is InChI=1S/C20H32ClN5O2.HI/c1-4-22-20(23-9-14-28-18-8-6-5-7-17(18)21)26-12-10-25(11-13-26)15-19(27)24-16(2)3;/h5-8,16H,4,9-15H2,1-3H3,(H,22,23)(H,24,27);1H. The average molecular weight is 538 g/mol. The Bertz CT molecular complexity index is 652. The second-order valence-electron chi connectivity index (χ2n) is 7.00. The number of nitrogens with zero attached hydrogens (tertiary/aromatic N) is 3. The van der Waals surface area contributed by atoms with E-state index in [4.69, 9.17) is 16.3 Å². The first-order chi connectivity index (χ1) is 13.5. The Labute approximate surface area is 196 Å².